The number of carbonyl (C=O) groups is 1. The smallest absolute Gasteiger partial charge is 0.307 e. The standard InChI is InChI=1S/C10H12O2/c11-9(12)7-5-6-1-2-8(7)10(6)3-4-10/h1-2,6-8H,3-5H2,(H,11,12)/t6-,7+,8+/m1/s1. The molecule has 2 nitrogen and oxygen atoms in total. The summed E-state index contributed by atoms with van der Waals surface area (Å²) >= 11 is 0. The van der Waals surface area contributed by atoms with Crippen LogP contribution in [-0.4, -0.2) is 11.1 Å². The molecule has 3 rings (SSSR count). The lowest BCUT2D eigenvalue weighted by Gasteiger charge is -2.14. The SMILES string of the molecule is O=C(O)[C@H]1C[C@H]2C=C[C@@H]1C21CC1. The van der Waals surface area contributed by atoms with E-state index in [0.717, 1.165) is 6.42 Å². The van der Waals surface area contributed by atoms with Crippen molar-refractivity contribution in [1.82, 2.24) is 0 Å². The summed E-state index contributed by atoms with van der Waals surface area (Å²) in [5.41, 5.74) is 0.434. The van der Waals surface area contributed by atoms with Gasteiger partial charge in [-0.05, 0) is 36.5 Å². The molecular formula is C10H12O2. The van der Waals surface area contributed by atoms with E-state index < -0.39 is 5.97 Å². The normalized spacial score (nSPS) is 45.5. The summed E-state index contributed by atoms with van der Waals surface area (Å²) in [6, 6.07) is 0. The summed E-state index contributed by atoms with van der Waals surface area (Å²) in [7, 11) is 0. The molecule has 0 aromatic rings. The Morgan fingerprint density at radius 1 is 1.42 bits per heavy atom. The number of aliphatic carboxylic acids is 1. The predicted octanol–water partition coefficient (Wildman–Crippen LogP) is 1.67. The molecule has 0 saturated heterocycles. The maximum absolute atomic E-state index is 10.9. The third-order valence-electron chi connectivity index (χ3n) is 4.04. The fourth-order valence-electron chi connectivity index (χ4n) is 3.26. The molecule has 2 fully saturated rings. The summed E-state index contributed by atoms with van der Waals surface area (Å²) in [6.45, 7) is 0. The molecule has 2 bridgehead atoms. The maximum atomic E-state index is 10.9. The van der Waals surface area contributed by atoms with Crippen molar-refractivity contribution in [3.63, 3.8) is 0 Å². The second-order valence-corrected chi connectivity index (χ2v) is 4.43. The van der Waals surface area contributed by atoms with E-state index >= 15 is 0 Å². The summed E-state index contributed by atoms with van der Waals surface area (Å²) < 4.78 is 0. The topological polar surface area (TPSA) is 37.3 Å². The molecular weight excluding hydrogens is 152 g/mol. The van der Waals surface area contributed by atoms with Crippen molar-refractivity contribution in [3.05, 3.63) is 12.2 Å². The van der Waals surface area contributed by atoms with E-state index in [0.29, 0.717) is 17.3 Å². The van der Waals surface area contributed by atoms with E-state index in [9.17, 15) is 4.79 Å². The van der Waals surface area contributed by atoms with Gasteiger partial charge in [0.25, 0.3) is 0 Å². The van der Waals surface area contributed by atoms with Crippen LogP contribution in [0.4, 0.5) is 0 Å². The Morgan fingerprint density at radius 3 is 2.58 bits per heavy atom. The third-order valence-corrected chi connectivity index (χ3v) is 4.04. The molecule has 0 radical (unpaired) electrons. The first kappa shape index (κ1) is 6.70. The molecule has 3 atom stereocenters. The van der Waals surface area contributed by atoms with Crippen LogP contribution < -0.4 is 0 Å². The molecule has 0 heterocycles. The number of carboxylic acids is 1. The lowest BCUT2D eigenvalue weighted by atomic mass is 9.89. The second kappa shape index (κ2) is 1.76. The van der Waals surface area contributed by atoms with Crippen LogP contribution in [0.3, 0.4) is 0 Å². The Morgan fingerprint density at radius 2 is 2.17 bits per heavy atom. The van der Waals surface area contributed by atoms with Crippen LogP contribution in [-0.2, 0) is 4.79 Å². The predicted molar refractivity (Wildman–Crippen MR) is 43.5 cm³/mol. The highest BCUT2D eigenvalue weighted by Gasteiger charge is 2.64. The van der Waals surface area contributed by atoms with Crippen molar-refractivity contribution in [2.24, 2.45) is 23.2 Å². The van der Waals surface area contributed by atoms with Crippen LogP contribution >= 0.6 is 0 Å². The zero-order valence-electron chi connectivity index (χ0n) is 6.86. The molecule has 0 aliphatic heterocycles. The zero-order valence-corrected chi connectivity index (χ0v) is 6.86. The Balaban J connectivity index is 1.97. The van der Waals surface area contributed by atoms with Crippen molar-refractivity contribution in [1.29, 1.82) is 0 Å². The molecule has 3 aliphatic rings. The van der Waals surface area contributed by atoms with Crippen LogP contribution in [0.1, 0.15) is 19.3 Å². The van der Waals surface area contributed by atoms with Gasteiger partial charge < -0.3 is 5.11 Å². The van der Waals surface area contributed by atoms with Crippen LogP contribution in [0.25, 0.3) is 0 Å². The molecule has 2 saturated carbocycles. The zero-order chi connectivity index (χ0) is 8.34. The lowest BCUT2D eigenvalue weighted by molar-refractivity contribution is -0.142. The largest absolute Gasteiger partial charge is 0.481 e. The molecule has 3 aliphatic carbocycles. The first-order valence-electron chi connectivity index (χ1n) is 4.65. The average molecular weight is 164 g/mol. The van der Waals surface area contributed by atoms with Crippen molar-refractivity contribution < 1.29 is 9.90 Å². The van der Waals surface area contributed by atoms with Crippen LogP contribution in [0.15, 0.2) is 12.2 Å². The Labute approximate surface area is 71.3 Å². The van der Waals surface area contributed by atoms with Gasteiger partial charge in [0.05, 0.1) is 5.92 Å². The maximum Gasteiger partial charge on any atom is 0.307 e. The third kappa shape index (κ3) is 0.563. The lowest BCUT2D eigenvalue weighted by Crippen LogP contribution is -2.20. The number of rotatable bonds is 1. The highest BCUT2D eigenvalue weighted by Crippen LogP contribution is 2.70. The fourth-order valence-corrected chi connectivity index (χ4v) is 3.26. The molecule has 2 heteroatoms. The number of hydrogen-bond acceptors (Lipinski definition) is 1. The highest BCUT2D eigenvalue weighted by molar-refractivity contribution is 5.72. The fraction of sp³-hybridized carbons (Fsp3) is 0.700. The van der Waals surface area contributed by atoms with Crippen molar-refractivity contribution in [2.75, 3.05) is 0 Å². The van der Waals surface area contributed by atoms with E-state index in [1.54, 1.807) is 0 Å². The minimum atomic E-state index is -0.585. The first-order valence-corrected chi connectivity index (χ1v) is 4.65. The van der Waals surface area contributed by atoms with Gasteiger partial charge in [0.15, 0.2) is 0 Å². The molecule has 64 valence electrons. The summed E-state index contributed by atoms with van der Waals surface area (Å²) in [5, 5.41) is 8.96. The minimum absolute atomic E-state index is 0.0671. The second-order valence-electron chi connectivity index (χ2n) is 4.43. The molecule has 1 spiro atoms. The van der Waals surface area contributed by atoms with E-state index in [-0.39, 0.29) is 5.92 Å². The molecule has 0 amide bonds. The quantitative estimate of drug-likeness (QED) is 0.598. The Bertz CT molecular complexity index is 276. The van der Waals surface area contributed by atoms with Gasteiger partial charge in [-0.25, -0.2) is 0 Å². The molecule has 0 aromatic carbocycles. The Hall–Kier alpha value is -0.790. The van der Waals surface area contributed by atoms with Crippen molar-refractivity contribution in [3.8, 4) is 0 Å². The molecule has 0 unspecified atom stereocenters. The van der Waals surface area contributed by atoms with Crippen molar-refractivity contribution >= 4 is 5.97 Å². The molecule has 0 aromatic heterocycles. The van der Waals surface area contributed by atoms with Gasteiger partial charge in [0.1, 0.15) is 0 Å². The van der Waals surface area contributed by atoms with Gasteiger partial charge in [-0.15, -0.1) is 0 Å². The summed E-state index contributed by atoms with van der Waals surface area (Å²) in [4.78, 5) is 10.9. The van der Waals surface area contributed by atoms with E-state index in [4.69, 9.17) is 5.11 Å². The van der Waals surface area contributed by atoms with Crippen LogP contribution in [0.5, 0.6) is 0 Å². The van der Waals surface area contributed by atoms with Crippen LogP contribution in [0.2, 0.25) is 0 Å². The Kier molecular flexibility index (Phi) is 0.980. The van der Waals surface area contributed by atoms with Gasteiger partial charge >= 0.3 is 5.97 Å². The monoisotopic (exact) mass is 164 g/mol. The van der Waals surface area contributed by atoms with Gasteiger partial charge in [0, 0.05) is 0 Å². The number of allylic oxidation sites excluding steroid dienone is 2. The highest BCUT2D eigenvalue weighted by atomic mass is 16.4. The van der Waals surface area contributed by atoms with Gasteiger partial charge in [-0.1, -0.05) is 12.2 Å². The minimum Gasteiger partial charge on any atom is -0.481 e. The molecule has 1 N–H and O–H groups in total. The van der Waals surface area contributed by atoms with Crippen molar-refractivity contribution in [2.45, 2.75) is 19.3 Å². The van der Waals surface area contributed by atoms with Gasteiger partial charge in [0.2, 0.25) is 0 Å². The van der Waals surface area contributed by atoms with E-state index in [1.165, 1.54) is 12.8 Å². The first-order chi connectivity index (χ1) is 5.74. The van der Waals surface area contributed by atoms with Crippen LogP contribution in [0, 0.1) is 23.2 Å². The van der Waals surface area contributed by atoms with Gasteiger partial charge in [-0.3, -0.25) is 4.79 Å². The average Bonchev–Trinajstić information content (AvgIpc) is 2.69. The summed E-state index contributed by atoms with van der Waals surface area (Å²) in [5.74, 6) is 0.323. The summed E-state index contributed by atoms with van der Waals surface area (Å²) in [6.07, 6.45) is 7.83. The van der Waals surface area contributed by atoms with Gasteiger partial charge in [-0.2, -0.15) is 0 Å². The van der Waals surface area contributed by atoms with E-state index in [1.807, 2.05) is 0 Å². The number of hydrogen-bond donors (Lipinski definition) is 1. The van der Waals surface area contributed by atoms with E-state index in [2.05, 4.69) is 12.2 Å². The molecule has 12 heavy (non-hydrogen) atoms. The number of carboxylic acid groups (broad SMARTS) is 1.